The lowest BCUT2D eigenvalue weighted by molar-refractivity contribution is 0.523. The average molecular weight is 308 g/mol. The highest BCUT2D eigenvalue weighted by molar-refractivity contribution is 9.10. The van der Waals surface area contributed by atoms with E-state index < -0.39 is 0 Å². The molecular formula is C14H18BrN3. The molecule has 4 heteroatoms. The largest absolute Gasteiger partial charge is 0.382 e. The topological polar surface area (TPSA) is 47.8 Å². The first-order chi connectivity index (χ1) is 8.69. The summed E-state index contributed by atoms with van der Waals surface area (Å²) in [4.78, 5) is 0. The third-order valence-corrected chi connectivity index (χ3v) is 3.96. The minimum Gasteiger partial charge on any atom is -0.382 e. The van der Waals surface area contributed by atoms with Crippen molar-refractivity contribution in [2.24, 2.45) is 0 Å². The lowest BCUT2D eigenvalue weighted by atomic mass is 10.1. The molecule has 0 amide bonds. The fraction of sp³-hybridized carbons (Fsp3) is 0.500. The molecule has 2 atom stereocenters. The maximum atomic E-state index is 8.83. The molecule has 18 heavy (non-hydrogen) atoms. The van der Waals surface area contributed by atoms with E-state index in [1.54, 1.807) is 0 Å². The summed E-state index contributed by atoms with van der Waals surface area (Å²) >= 11 is 3.50. The predicted octanol–water partition coefficient (Wildman–Crippen LogP) is 3.26. The van der Waals surface area contributed by atoms with E-state index in [0.717, 1.165) is 23.1 Å². The number of benzene rings is 1. The predicted molar refractivity (Wildman–Crippen MR) is 77.6 cm³/mol. The van der Waals surface area contributed by atoms with Crippen LogP contribution in [-0.2, 0) is 0 Å². The zero-order chi connectivity index (χ0) is 13.0. The smallest absolute Gasteiger partial charge is 0.0992 e. The Hall–Kier alpha value is -1.05. The van der Waals surface area contributed by atoms with Crippen molar-refractivity contribution in [3.63, 3.8) is 0 Å². The van der Waals surface area contributed by atoms with Crippen LogP contribution in [0.1, 0.15) is 31.7 Å². The van der Waals surface area contributed by atoms with Crippen molar-refractivity contribution in [1.29, 1.82) is 5.26 Å². The van der Waals surface area contributed by atoms with Gasteiger partial charge in [0, 0.05) is 22.2 Å². The van der Waals surface area contributed by atoms with Crippen LogP contribution in [0.4, 0.5) is 5.69 Å². The van der Waals surface area contributed by atoms with Crippen molar-refractivity contribution >= 4 is 21.6 Å². The van der Waals surface area contributed by atoms with Crippen molar-refractivity contribution in [2.45, 2.75) is 38.3 Å². The Morgan fingerprint density at radius 3 is 3.06 bits per heavy atom. The molecule has 1 aromatic carbocycles. The van der Waals surface area contributed by atoms with Gasteiger partial charge in [0.1, 0.15) is 0 Å². The number of halogens is 1. The molecule has 1 heterocycles. The molecule has 3 nitrogen and oxygen atoms in total. The minimum absolute atomic E-state index is 0.421. The van der Waals surface area contributed by atoms with Crippen LogP contribution in [-0.4, -0.2) is 18.6 Å². The van der Waals surface area contributed by atoms with Crippen LogP contribution in [0.25, 0.3) is 0 Å². The quantitative estimate of drug-likeness (QED) is 0.897. The summed E-state index contributed by atoms with van der Waals surface area (Å²) in [5, 5.41) is 15.8. The molecule has 1 fully saturated rings. The van der Waals surface area contributed by atoms with Gasteiger partial charge in [-0.05, 0) is 66.9 Å². The third kappa shape index (κ3) is 3.47. The fourth-order valence-corrected chi connectivity index (χ4v) is 2.90. The van der Waals surface area contributed by atoms with E-state index in [-0.39, 0.29) is 0 Å². The van der Waals surface area contributed by atoms with Crippen molar-refractivity contribution < 1.29 is 0 Å². The van der Waals surface area contributed by atoms with Crippen LogP contribution >= 0.6 is 15.9 Å². The van der Waals surface area contributed by atoms with Gasteiger partial charge in [-0.15, -0.1) is 0 Å². The first-order valence-corrected chi connectivity index (χ1v) is 7.18. The van der Waals surface area contributed by atoms with Crippen molar-refractivity contribution in [3.8, 4) is 6.07 Å². The van der Waals surface area contributed by atoms with Crippen molar-refractivity contribution in [1.82, 2.24) is 5.32 Å². The number of nitrogens with zero attached hydrogens (tertiary/aromatic N) is 1. The summed E-state index contributed by atoms with van der Waals surface area (Å²) in [5.74, 6) is 0. The SMILES string of the molecule is CC(CC1CCCN1)Nc1ccc(C#N)cc1Br. The second-order valence-electron chi connectivity index (χ2n) is 4.88. The summed E-state index contributed by atoms with van der Waals surface area (Å²) < 4.78 is 0.952. The number of nitrogens with one attached hydrogen (secondary N) is 2. The normalized spacial score (nSPS) is 20.4. The van der Waals surface area contributed by atoms with E-state index in [4.69, 9.17) is 5.26 Å². The molecule has 1 aromatic rings. The maximum Gasteiger partial charge on any atom is 0.0992 e. The number of hydrogen-bond acceptors (Lipinski definition) is 3. The van der Waals surface area contributed by atoms with Crippen LogP contribution in [0, 0.1) is 11.3 Å². The Balaban J connectivity index is 1.94. The first-order valence-electron chi connectivity index (χ1n) is 6.38. The molecule has 0 aliphatic carbocycles. The van der Waals surface area contributed by atoms with E-state index in [0.29, 0.717) is 17.6 Å². The molecule has 1 saturated heterocycles. The minimum atomic E-state index is 0.421. The Kier molecular flexibility index (Phi) is 4.62. The van der Waals surface area contributed by atoms with Gasteiger partial charge in [-0.3, -0.25) is 0 Å². The van der Waals surface area contributed by atoms with E-state index in [1.165, 1.54) is 12.8 Å². The molecule has 0 radical (unpaired) electrons. The summed E-state index contributed by atoms with van der Waals surface area (Å²) in [6.07, 6.45) is 3.70. The zero-order valence-electron chi connectivity index (χ0n) is 10.5. The number of nitriles is 1. The molecule has 96 valence electrons. The molecule has 2 unspecified atom stereocenters. The van der Waals surface area contributed by atoms with Crippen molar-refractivity contribution in [3.05, 3.63) is 28.2 Å². The van der Waals surface area contributed by atoms with Gasteiger partial charge in [-0.2, -0.15) is 5.26 Å². The summed E-state index contributed by atoms with van der Waals surface area (Å²) in [5.41, 5.74) is 1.73. The molecule has 2 rings (SSSR count). The first kappa shape index (κ1) is 13.4. The highest BCUT2D eigenvalue weighted by atomic mass is 79.9. The second kappa shape index (κ2) is 6.21. The molecule has 0 saturated carbocycles. The van der Waals surface area contributed by atoms with Gasteiger partial charge < -0.3 is 10.6 Å². The van der Waals surface area contributed by atoms with Crippen LogP contribution in [0.5, 0.6) is 0 Å². The molecule has 0 aromatic heterocycles. The monoisotopic (exact) mass is 307 g/mol. The second-order valence-corrected chi connectivity index (χ2v) is 5.74. The number of anilines is 1. The van der Waals surface area contributed by atoms with Crippen LogP contribution in [0.15, 0.2) is 22.7 Å². The molecule has 0 spiro atoms. The molecule has 0 bridgehead atoms. The third-order valence-electron chi connectivity index (χ3n) is 3.30. The lowest BCUT2D eigenvalue weighted by Gasteiger charge is -2.20. The fourth-order valence-electron chi connectivity index (χ4n) is 2.41. The van der Waals surface area contributed by atoms with Gasteiger partial charge in [0.2, 0.25) is 0 Å². The van der Waals surface area contributed by atoms with Gasteiger partial charge in [0.15, 0.2) is 0 Å². The van der Waals surface area contributed by atoms with Crippen LogP contribution in [0.2, 0.25) is 0 Å². The zero-order valence-corrected chi connectivity index (χ0v) is 12.1. The molecule has 1 aliphatic rings. The summed E-state index contributed by atoms with van der Waals surface area (Å²) in [6, 6.07) is 8.85. The summed E-state index contributed by atoms with van der Waals surface area (Å²) in [7, 11) is 0. The van der Waals surface area contributed by atoms with E-state index in [1.807, 2.05) is 18.2 Å². The van der Waals surface area contributed by atoms with Crippen molar-refractivity contribution in [2.75, 3.05) is 11.9 Å². The van der Waals surface area contributed by atoms with E-state index in [2.05, 4.69) is 39.6 Å². The maximum absolute atomic E-state index is 8.83. The average Bonchev–Trinajstić information content (AvgIpc) is 2.84. The highest BCUT2D eigenvalue weighted by Gasteiger charge is 2.17. The summed E-state index contributed by atoms with van der Waals surface area (Å²) in [6.45, 7) is 3.35. The highest BCUT2D eigenvalue weighted by Crippen LogP contribution is 2.25. The van der Waals surface area contributed by atoms with E-state index >= 15 is 0 Å². The Bertz CT molecular complexity index is 447. The van der Waals surface area contributed by atoms with Gasteiger partial charge in [-0.25, -0.2) is 0 Å². The van der Waals surface area contributed by atoms with Crippen LogP contribution in [0.3, 0.4) is 0 Å². The lowest BCUT2D eigenvalue weighted by Crippen LogP contribution is -2.29. The van der Waals surface area contributed by atoms with Gasteiger partial charge in [-0.1, -0.05) is 0 Å². The number of hydrogen-bond donors (Lipinski definition) is 2. The molecule has 1 aliphatic heterocycles. The van der Waals surface area contributed by atoms with Gasteiger partial charge in [0.25, 0.3) is 0 Å². The molecule has 2 N–H and O–H groups in total. The van der Waals surface area contributed by atoms with Gasteiger partial charge in [0.05, 0.1) is 11.6 Å². The Morgan fingerprint density at radius 2 is 2.44 bits per heavy atom. The van der Waals surface area contributed by atoms with Crippen LogP contribution < -0.4 is 10.6 Å². The molecular weight excluding hydrogens is 290 g/mol. The Morgan fingerprint density at radius 1 is 1.61 bits per heavy atom. The number of rotatable bonds is 4. The Labute approximate surface area is 117 Å². The van der Waals surface area contributed by atoms with E-state index in [9.17, 15) is 0 Å². The van der Waals surface area contributed by atoms with Gasteiger partial charge >= 0.3 is 0 Å². The standard InChI is InChI=1S/C14H18BrN3/c1-10(7-12-3-2-6-17-12)18-14-5-4-11(9-16)8-13(14)15/h4-5,8,10,12,17-18H,2-3,6-7H2,1H3.